The van der Waals surface area contributed by atoms with E-state index < -0.39 is 6.10 Å². The molecule has 1 unspecified atom stereocenters. The first-order valence-corrected chi connectivity index (χ1v) is 11.6. The largest absolute Gasteiger partial charge is 0.384 e. The number of aliphatic hydroxyl groups is 1. The maximum Gasteiger partial charge on any atom is 0.225 e. The van der Waals surface area contributed by atoms with E-state index in [1.807, 2.05) is 30.5 Å². The van der Waals surface area contributed by atoms with Crippen LogP contribution in [0.1, 0.15) is 41.8 Å². The topological polar surface area (TPSA) is 90.9 Å². The van der Waals surface area contributed by atoms with Crippen molar-refractivity contribution in [2.45, 2.75) is 32.3 Å². The fraction of sp³-hybridized carbons (Fsp3) is 0.208. The van der Waals surface area contributed by atoms with Crippen LogP contribution in [-0.4, -0.2) is 26.0 Å². The summed E-state index contributed by atoms with van der Waals surface area (Å²) in [6.45, 7) is 2.07. The highest BCUT2D eigenvalue weighted by Crippen LogP contribution is 2.44. The fourth-order valence-corrected chi connectivity index (χ4v) is 5.24. The van der Waals surface area contributed by atoms with Gasteiger partial charge in [0.05, 0.1) is 4.88 Å². The number of rotatable bonds is 5. The van der Waals surface area contributed by atoms with E-state index in [4.69, 9.17) is 11.6 Å². The molecule has 1 aliphatic heterocycles. The zero-order valence-corrected chi connectivity index (χ0v) is 18.9. The molecule has 0 fully saturated rings. The number of amides is 1. The highest BCUT2D eigenvalue weighted by atomic mass is 35.5. The number of aryl methyl sites for hydroxylation is 1. The molecule has 1 aromatic carbocycles. The molecule has 0 aliphatic carbocycles. The quantitative estimate of drug-likeness (QED) is 0.369. The lowest BCUT2D eigenvalue weighted by atomic mass is 9.97. The maximum atomic E-state index is 11.8. The van der Waals surface area contributed by atoms with Crippen molar-refractivity contribution in [2.24, 2.45) is 0 Å². The van der Waals surface area contributed by atoms with Crippen molar-refractivity contribution in [1.82, 2.24) is 15.0 Å². The first kappa shape index (κ1) is 20.9. The van der Waals surface area contributed by atoms with E-state index >= 15 is 0 Å². The summed E-state index contributed by atoms with van der Waals surface area (Å²) < 4.78 is 0. The van der Waals surface area contributed by atoms with Gasteiger partial charge in [-0.3, -0.25) is 4.79 Å². The molecule has 3 N–H and O–H groups in total. The van der Waals surface area contributed by atoms with Gasteiger partial charge in [0.25, 0.3) is 0 Å². The van der Waals surface area contributed by atoms with Gasteiger partial charge in [-0.25, -0.2) is 9.97 Å². The Bertz CT molecular complexity index is 1300. The standard InChI is InChI=1S/C24H21ClN4O2S/c1-2-15-12-27-24(28-15)22-18(21(31)13-3-5-14(25)6-4-13)11-19(32-22)16-9-10-26-23-17(16)7-8-20(30)29-23/h3-6,9-12,21,31H,2,7-8H2,1H3,(H,27,28)(H,26,29,30). The van der Waals surface area contributed by atoms with Crippen LogP contribution in [0.3, 0.4) is 0 Å². The molecular formula is C24H21ClN4O2S. The number of aromatic amines is 1. The highest BCUT2D eigenvalue weighted by Gasteiger charge is 2.25. The van der Waals surface area contributed by atoms with Crippen LogP contribution >= 0.6 is 22.9 Å². The monoisotopic (exact) mass is 464 g/mol. The molecule has 4 aromatic rings. The van der Waals surface area contributed by atoms with Crippen molar-refractivity contribution < 1.29 is 9.90 Å². The molecule has 3 aromatic heterocycles. The summed E-state index contributed by atoms with van der Waals surface area (Å²) >= 11 is 7.61. The Labute approximate surface area is 194 Å². The molecule has 0 spiro atoms. The number of pyridine rings is 1. The van der Waals surface area contributed by atoms with Gasteiger partial charge in [-0.2, -0.15) is 0 Å². The maximum absolute atomic E-state index is 11.8. The Hall–Kier alpha value is -3.00. The van der Waals surface area contributed by atoms with Gasteiger partial charge < -0.3 is 15.4 Å². The molecule has 0 saturated heterocycles. The van der Waals surface area contributed by atoms with Gasteiger partial charge in [-0.05, 0) is 42.7 Å². The van der Waals surface area contributed by atoms with Crippen LogP contribution in [0.2, 0.25) is 5.02 Å². The number of fused-ring (bicyclic) bond motifs is 1. The van der Waals surface area contributed by atoms with Crippen molar-refractivity contribution in [2.75, 3.05) is 5.32 Å². The van der Waals surface area contributed by atoms with Crippen molar-refractivity contribution in [1.29, 1.82) is 0 Å². The van der Waals surface area contributed by atoms with Gasteiger partial charge >= 0.3 is 0 Å². The van der Waals surface area contributed by atoms with E-state index in [9.17, 15) is 9.90 Å². The first-order chi connectivity index (χ1) is 15.5. The molecule has 0 radical (unpaired) electrons. The lowest BCUT2D eigenvalue weighted by Gasteiger charge is -2.18. The third-order valence-corrected chi connectivity index (χ3v) is 7.09. The number of imidazole rings is 1. The zero-order valence-electron chi connectivity index (χ0n) is 17.4. The van der Waals surface area contributed by atoms with Crippen molar-refractivity contribution in [3.63, 3.8) is 0 Å². The first-order valence-electron chi connectivity index (χ1n) is 10.4. The average molecular weight is 465 g/mol. The molecule has 1 amide bonds. The van der Waals surface area contributed by atoms with Gasteiger partial charge in [0, 0.05) is 51.1 Å². The molecule has 5 rings (SSSR count). The van der Waals surface area contributed by atoms with E-state index in [2.05, 4.69) is 27.2 Å². The third kappa shape index (κ3) is 3.83. The van der Waals surface area contributed by atoms with E-state index in [-0.39, 0.29) is 5.91 Å². The van der Waals surface area contributed by atoms with E-state index in [1.165, 1.54) is 0 Å². The summed E-state index contributed by atoms with van der Waals surface area (Å²) in [5.41, 5.74) is 4.59. The molecule has 6 nitrogen and oxygen atoms in total. The molecule has 162 valence electrons. The van der Waals surface area contributed by atoms with Crippen molar-refractivity contribution in [3.05, 3.63) is 76.2 Å². The number of H-pyrrole nitrogens is 1. The second kappa shape index (κ2) is 8.50. The van der Waals surface area contributed by atoms with Gasteiger partial charge in [-0.15, -0.1) is 11.3 Å². The summed E-state index contributed by atoms with van der Waals surface area (Å²) in [4.78, 5) is 26.0. The van der Waals surface area contributed by atoms with Crippen LogP contribution in [0, 0.1) is 0 Å². The SMILES string of the molecule is CCc1cnc(-c2sc(-c3ccnc4c3CCC(=O)N4)cc2C(O)c2ccc(Cl)cc2)[nH]1. The molecule has 0 bridgehead atoms. The normalized spacial score (nSPS) is 14.2. The average Bonchev–Trinajstić information content (AvgIpc) is 3.45. The lowest BCUT2D eigenvalue weighted by molar-refractivity contribution is -0.116. The Kier molecular flexibility index (Phi) is 5.55. The number of nitrogens with zero attached hydrogens (tertiary/aromatic N) is 2. The van der Waals surface area contributed by atoms with E-state index in [0.717, 1.165) is 49.9 Å². The number of hydrogen-bond acceptors (Lipinski definition) is 5. The summed E-state index contributed by atoms with van der Waals surface area (Å²) in [6, 6.07) is 11.2. The number of nitrogens with one attached hydrogen (secondary N) is 2. The summed E-state index contributed by atoms with van der Waals surface area (Å²) in [6.07, 6.45) is 4.61. The molecule has 0 saturated carbocycles. The van der Waals surface area contributed by atoms with Crippen molar-refractivity contribution >= 4 is 34.7 Å². The molecule has 8 heteroatoms. The Morgan fingerprint density at radius 2 is 2.00 bits per heavy atom. The summed E-state index contributed by atoms with van der Waals surface area (Å²) in [5.74, 6) is 1.33. The minimum absolute atomic E-state index is 0.0180. The predicted molar refractivity (Wildman–Crippen MR) is 127 cm³/mol. The van der Waals surface area contributed by atoms with Crippen molar-refractivity contribution in [3.8, 4) is 21.1 Å². The number of aromatic nitrogens is 3. The second-order valence-electron chi connectivity index (χ2n) is 7.69. The van der Waals surface area contributed by atoms with Gasteiger partial charge in [-0.1, -0.05) is 30.7 Å². The molecular weight excluding hydrogens is 444 g/mol. The Balaban J connectivity index is 1.64. The molecule has 32 heavy (non-hydrogen) atoms. The minimum Gasteiger partial charge on any atom is -0.384 e. The number of carbonyl (C=O) groups excluding carboxylic acids is 1. The highest BCUT2D eigenvalue weighted by molar-refractivity contribution is 7.19. The fourth-order valence-electron chi connectivity index (χ4n) is 3.92. The number of halogens is 1. The Morgan fingerprint density at radius 3 is 2.75 bits per heavy atom. The van der Waals surface area contributed by atoms with Crippen LogP contribution in [0.5, 0.6) is 0 Å². The van der Waals surface area contributed by atoms with Gasteiger partial charge in [0.2, 0.25) is 5.91 Å². The molecule has 1 atom stereocenters. The smallest absolute Gasteiger partial charge is 0.225 e. The van der Waals surface area contributed by atoms with Crippen LogP contribution in [0.25, 0.3) is 21.1 Å². The number of aliphatic hydroxyl groups excluding tert-OH is 1. The van der Waals surface area contributed by atoms with Crippen LogP contribution in [-0.2, 0) is 17.6 Å². The van der Waals surface area contributed by atoms with E-state index in [1.54, 1.807) is 29.7 Å². The number of hydrogen-bond donors (Lipinski definition) is 3. The number of anilines is 1. The van der Waals surface area contributed by atoms with Crippen LogP contribution < -0.4 is 5.32 Å². The van der Waals surface area contributed by atoms with Gasteiger partial charge in [0.15, 0.2) is 0 Å². The minimum atomic E-state index is -0.834. The molecule has 4 heterocycles. The Morgan fingerprint density at radius 1 is 1.19 bits per heavy atom. The second-order valence-corrected chi connectivity index (χ2v) is 9.18. The lowest BCUT2D eigenvalue weighted by Crippen LogP contribution is -2.20. The summed E-state index contributed by atoms with van der Waals surface area (Å²) in [5, 5.41) is 14.8. The number of benzene rings is 1. The summed E-state index contributed by atoms with van der Waals surface area (Å²) in [7, 11) is 0. The van der Waals surface area contributed by atoms with Crippen LogP contribution in [0.4, 0.5) is 5.82 Å². The predicted octanol–water partition coefficient (Wildman–Crippen LogP) is 5.38. The number of carbonyl (C=O) groups is 1. The van der Waals surface area contributed by atoms with E-state index in [0.29, 0.717) is 23.7 Å². The van der Waals surface area contributed by atoms with Gasteiger partial charge in [0.1, 0.15) is 17.7 Å². The third-order valence-electron chi connectivity index (χ3n) is 5.65. The molecule has 1 aliphatic rings. The van der Waals surface area contributed by atoms with Crippen LogP contribution in [0.15, 0.2) is 48.8 Å². The number of thiophene rings is 1. The zero-order chi connectivity index (χ0) is 22.2.